The SMILES string of the molecule is COc1cc(C=O)ccc1OC(=O)c1cn(CCC#N)nc1-c1ccc([N+](=O)[O-])cc1. The first-order chi connectivity index (χ1) is 15.0. The van der Waals surface area contributed by atoms with Crippen LogP contribution in [0, 0.1) is 21.4 Å². The van der Waals surface area contributed by atoms with Gasteiger partial charge >= 0.3 is 5.97 Å². The molecule has 1 heterocycles. The first-order valence-corrected chi connectivity index (χ1v) is 9.01. The van der Waals surface area contributed by atoms with E-state index in [1.807, 2.05) is 6.07 Å². The van der Waals surface area contributed by atoms with Crippen LogP contribution in [0.5, 0.6) is 11.5 Å². The topological polar surface area (TPSA) is 137 Å². The average Bonchev–Trinajstić information content (AvgIpc) is 3.22. The molecular formula is C21H16N4O6. The number of aldehydes is 1. The molecule has 0 bridgehead atoms. The fraction of sp³-hybridized carbons (Fsp3) is 0.143. The lowest BCUT2D eigenvalue weighted by molar-refractivity contribution is -0.384. The molecule has 0 aliphatic heterocycles. The van der Waals surface area contributed by atoms with Crippen molar-refractivity contribution in [2.45, 2.75) is 13.0 Å². The number of aryl methyl sites for hydroxylation is 1. The van der Waals surface area contributed by atoms with Gasteiger partial charge in [0.25, 0.3) is 5.69 Å². The Balaban J connectivity index is 1.98. The molecule has 0 aliphatic carbocycles. The molecule has 0 unspecified atom stereocenters. The Labute approximate surface area is 176 Å². The molecule has 1 aromatic heterocycles. The number of nitriles is 1. The second kappa shape index (κ2) is 9.32. The summed E-state index contributed by atoms with van der Waals surface area (Å²) in [5.41, 5.74) is 1.08. The highest BCUT2D eigenvalue weighted by molar-refractivity contribution is 5.97. The van der Waals surface area contributed by atoms with Gasteiger partial charge in [-0.25, -0.2) is 4.79 Å². The number of carbonyl (C=O) groups is 2. The van der Waals surface area contributed by atoms with Crippen molar-refractivity contribution in [3.8, 4) is 28.8 Å². The molecule has 0 amide bonds. The van der Waals surface area contributed by atoms with Gasteiger partial charge in [0.1, 0.15) is 17.5 Å². The third-order valence-corrected chi connectivity index (χ3v) is 4.31. The summed E-state index contributed by atoms with van der Waals surface area (Å²) in [6, 6.07) is 11.9. The summed E-state index contributed by atoms with van der Waals surface area (Å²) in [5, 5.41) is 24.1. The van der Waals surface area contributed by atoms with E-state index in [2.05, 4.69) is 5.10 Å². The number of aromatic nitrogens is 2. The molecule has 0 fully saturated rings. The van der Waals surface area contributed by atoms with E-state index in [1.165, 1.54) is 60.5 Å². The average molecular weight is 420 g/mol. The zero-order chi connectivity index (χ0) is 22.4. The van der Waals surface area contributed by atoms with Crippen LogP contribution in [0.3, 0.4) is 0 Å². The Morgan fingerprint density at radius 3 is 2.61 bits per heavy atom. The standard InChI is InChI=1S/C21H16N4O6/c1-30-19-11-14(13-26)3-8-18(19)31-21(27)17-12-24(10-2-9-22)23-20(17)15-4-6-16(7-5-15)25(28)29/h3-8,11-13H,2,10H2,1H3. The van der Waals surface area contributed by atoms with Crippen LogP contribution in [-0.4, -0.2) is 34.1 Å². The highest BCUT2D eigenvalue weighted by atomic mass is 16.6. The van der Waals surface area contributed by atoms with Crippen molar-refractivity contribution in [3.05, 3.63) is 69.9 Å². The maximum atomic E-state index is 12.9. The minimum Gasteiger partial charge on any atom is -0.493 e. The van der Waals surface area contributed by atoms with Crippen LogP contribution < -0.4 is 9.47 Å². The summed E-state index contributed by atoms with van der Waals surface area (Å²) < 4.78 is 12.1. The second-order valence-corrected chi connectivity index (χ2v) is 6.28. The van der Waals surface area contributed by atoms with Crippen LogP contribution in [-0.2, 0) is 6.54 Å². The van der Waals surface area contributed by atoms with E-state index in [4.69, 9.17) is 14.7 Å². The molecule has 156 valence electrons. The predicted molar refractivity (Wildman–Crippen MR) is 108 cm³/mol. The molecule has 3 aromatic rings. The van der Waals surface area contributed by atoms with Crippen molar-refractivity contribution in [3.63, 3.8) is 0 Å². The van der Waals surface area contributed by atoms with Gasteiger partial charge in [-0.15, -0.1) is 0 Å². The van der Waals surface area contributed by atoms with Crippen LogP contribution in [0.1, 0.15) is 27.1 Å². The summed E-state index contributed by atoms with van der Waals surface area (Å²) in [6.45, 7) is 0.251. The molecule has 0 spiro atoms. The van der Waals surface area contributed by atoms with Gasteiger partial charge in [0.05, 0.1) is 31.1 Å². The van der Waals surface area contributed by atoms with Gasteiger partial charge in [-0.05, 0) is 30.3 Å². The molecule has 10 nitrogen and oxygen atoms in total. The third-order valence-electron chi connectivity index (χ3n) is 4.31. The van der Waals surface area contributed by atoms with Crippen LogP contribution in [0.15, 0.2) is 48.7 Å². The maximum absolute atomic E-state index is 12.9. The van der Waals surface area contributed by atoms with Crippen molar-refractivity contribution < 1.29 is 24.0 Å². The van der Waals surface area contributed by atoms with Gasteiger partial charge in [0, 0.05) is 29.5 Å². The number of hydrogen-bond acceptors (Lipinski definition) is 8. The summed E-state index contributed by atoms with van der Waals surface area (Å²) >= 11 is 0. The zero-order valence-corrected chi connectivity index (χ0v) is 16.3. The summed E-state index contributed by atoms with van der Waals surface area (Å²) in [6.07, 6.45) is 2.26. The van der Waals surface area contributed by atoms with Crippen molar-refractivity contribution in [1.82, 2.24) is 9.78 Å². The highest BCUT2D eigenvalue weighted by Gasteiger charge is 2.22. The van der Waals surface area contributed by atoms with E-state index in [-0.39, 0.29) is 41.4 Å². The molecular weight excluding hydrogens is 404 g/mol. The Bertz CT molecular complexity index is 1180. The number of nitro groups is 1. The summed E-state index contributed by atoms with van der Waals surface area (Å²) in [7, 11) is 1.38. The smallest absolute Gasteiger partial charge is 0.347 e. The number of methoxy groups -OCH3 is 1. The lowest BCUT2D eigenvalue weighted by Crippen LogP contribution is -2.10. The monoisotopic (exact) mass is 420 g/mol. The number of carbonyl (C=O) groups excluding carboxylic acids is 2. The van der Waals surface area contributed by atoms with Crippen LogP contribution >= 0.6 is 0 Å². The van der Waals surface area contributed by atoms with Crippen molar-refractivity contribution in [2.24, 2.45) is 0 Å². The third kappa shape index (κ3) is 4.73. The minimum atomic E-state index is -0.742. The minimum absolute atomic E-state index is 0.100. The number of rotatable bonds is 8. The zero-order valence-electron chi connectivity index (χ0n) is 16.3. The highest BCUT2D eigenvalue weighted by Crippen LogP contribution is 2.30. The van der Waals surface area contributed by atoms with E-state index >= 15 is 0 Å². The second-order valence-electron chi connectivity index (χ2n) is 6.28. The molecule has 0 saturated carbocycles. The Kier molecular flexibility index (Phi) is 6.37. The first kappa shape index (κ1) is 21.2. The predicted octanol–water partition coefficient (Wildman–Crippen LogP) is 3.41. The number of nitrogens with zero attached hydrogens (tertiary/aromatic N) is 4. The van der Waals surface area contributed by atoms with Crippen molar-refractivity contribution >= 4 is 17.9 Å². The fourth-order valence-corrected chi connectivity index (χ4v) is 2.80. The van der Waals surface area contributed by atoms with Crippen molar-refractivity contribution in [2.75, 3.05) is 7.11 Å². The molecule has 2 aromatic carbocycles. The summed E-state index contributed by atoms with van der Waals surface area (Å²) in [4.78, 5) is 34.2. The van der Waals surface area contributed by atoms with Gasteiger partial charge in [0.2, 0.25) is 0 Å². The van der Waals surface area contributed by atoms with Gasteiger partial charge in [-0.3, -0.25) is 19.6 Å². The maximum Gasteiger partial charge on any atom is 0.347 e. The van der Waals surface area contributed by atoms with E-state index in [0.29, 0.717) is 17.4 Å². The number of hydrogen-bond donors (Lipinski definition) is 0. The van der Waals surface area contributed by atoms with Crippen LogP contribution in [0.4, 0.5) is 5.69 Å². The fourth-order valence-electron chi connectivity index (χ4n) is 2.80. The van der Waals surface area contributed by atoms with E-state index in [1.54, 1.807) is 0 Å². The molecule has 3 rings (SSSR count). The summed E-state index contributed by atoms with van der Waals surface area (Å²) in [5.74, 6) is -0.432. The van der Waals surface area contributed by atoms with Gasteiger partial charge < -0.3 is 9.47 Å². The number of benzene rings is 2. The van der Waals surface area contributed by atoms with E-state index in [0.717, 1.165) is 0 Å². The Hall–Kier alpha value is -4.52. The molecule has 0 aliphatic rings. The molecule has 0 atom stereocenters. The molecule has 10 heteroatoms. The lowest BCUT2D eigenvalue weighted by Gasteiger charge is -2.09. The van der Waals surface area contributed by atoms with Gasteiger partial charge in [-0.1, -0.05) is 0 Å². The molecule has 0 radical (unpaired) electrons. The number of esters is 1. The quantitative estimate of drug-likeness (QED) is 0.178. The number of non-ortho nitro benzene ring substituents is 1. The van der Waals surface area contributed by atoms with E-state index in [9.17, 15) is 19.7 Å². The normalized spacial score (nSPS) is 10.2. The molecule has 31 heavy (non-hydrogen) atoms. The lowest BCUT2D eigenvalue weighted by atomic mass is 10.1. The number of nitro benzene ring substituents is 1. The first-order valence-electron chi connectivity index (χ1n) is 9.01. The largest absolute Gasteiger partial charge is 0.493 e. The van der Waals surface area contributed by atoms with Gasteiger partial charge in [0.15, 0.2) is 11.5 Å². The Morgan fingerprint density at radius 2 is 2.00 bits per heavy atom. The molecule has 0 N–H and O–H groups in total. The van der Waals surface area contributed by atoms with Crippen LogP contribution in [0.25, 0.3) is 11.3 Å². The van der Waals surface area contributed by atoms with Crippen molar-refractivity contribution in [1.29, 1.82) is 5.26 Å². The van der Waals surface area contributed by atoms with E-state index < -0.39 is 10.9 Å². The number of ether oxygens (including phenoxy) is 2. The van der Waals surface area contributed by atoms with Gasteiger partial charge in [-0.2, -0.15) is 10.4 Å². The van der Waals surface area contributed by atoms with Crippen LogP contribution in [0.2, 0.25) is 0 Å². The Morgan fingerprint density at radius 1 is 1.26 bits per heavy atom. The molecule has 0 saturated heterocycles.